The van der Waals surface area contributed by atoms with E-state index in [4.69, 9.17) is 9.72 Å². The fraction of sp³-hybridized carbons (Fsp3) is 0.353. The normalized spacial score (nSPS) is 22.6. The van der Waals surface area contributed by atoms with Crippen LogP contribution in [-0.4, -0.2) is 81.2 Å². The molecule has 0 bridgehead atoms. The molecule has 5 aromatic rings. The number of likely N-dealkylation sites (tertiary alicyclic amines) is 1. The molecule has 1 N–H and O–H groups in total. The van der Waals surface area contributed by atoms with Gasteiger partial charge in [0.25, 0.3) is 0 Å². The zero-order valence-electron chi connectivity index (χ0n) is 24.9. The Morgan fingerprint density at radius 3 is 2.70 bits per heavy atom. The summed E-state index contributed by atoms with van der Waals surface area (Å²) in [6.45, 7) is 7.97. The fourth-order valence-corrected chi connectivity index (χ4v) is 7.21. The maximum atomic E-state index is 13.4. The first-order valence-electron chi connectivity index (χ1n) is 15.5. The predicted molar refractivity (Wildman–Crippen MR) is 170 cm³/mol. The fourth-order valence-electron chi connectivity index (χ4n) is 7.21. The summed E-state index contributed by atoms with van der Waals surface area (Å²) in [5.74, 6) is 1.87. The summed E-state index contributed by atoms with van der Waals surface area (Å²) < 4.78 is 7.51. The lowest BCUT2D eigenvalue weighted by atomic mass is 9.86. The molecule has 3 aliphatic rings. The number of amides is 1. The molecule has 0 saturated carbocycles. The van der Waals surface area contributed by atoms with E-state index >= 15 is 0 Å². The van der Waals surface area contributed by atoms with E-state index in [2.05, 4.69) is 92.7 Å². The lowest BCUT2D eigenvalue weighted by Gasteiger charge is -2.34. The predicted octanol–water partition coefficient (Wildman–Crippen LogP) is 4.66. The van der Waals surface area contributed by atoms with Crippen molar-refractivity contribution in [3.8, 4) is 16.9 Å². The molecule has 3 saturated heterocycles. The molecule has 8 rings (SSSR count). The summed E-state index contributed by atoms with van der Waals surface area (Å²) in [7, 11) is 0. The number of ether oxygens (including phenoxy) is 1. The molecule has 0 aliphatic carbocycles. The molecule has 0 radical (unpaired) electrons. The van der Waals surface area contributed by atoms with Gasteiger partial charge in [-0.25, -0.2) is 4.98 Å². The Morgan fingerprint density at radius 2 is 1.91 bits per heavy atom. The highest BCUT2D eigenvalue weighted by atomic mass is 16.5. The van der Waals surface area contributed by atoms with Crippen molar-refractivity contribution in [3.63, 3.8) is 0 Å². The highest BCUT2D eigenvalue weighted by Crippen LogP contribution is 2.43. The van der Waals surface area contributed by atoms with E-state index in [1.807, 2.05) is 17.2 Å². The number of aromatic amines is 1. The number of nitrogens with one attached hydrogen (secondary N) is 1. The Labute approximate surface area is 256 Å². The number of hydrogen-bond donors (Lipinski definition) is 1. The average Bonchev–Trinajstić information content (AvgIpc) is 3.85. The Bertz CT molecular complexity index is 1790. The van der Waals surface area contributed by atoms with Crippen LogP contribution in [0.3, 0.4) is 0 Å². The van der Waals surface area contributed by atoms with E-state index in [0.717, 1.165) is 78.6 Å². The van der Waals surface area contributed by atoms with Crippen molar-refractivity contribution in [2.24, 2.45) is 5.41 Å². The molecule has 3 fully saturated rings. The number of pyridine rings is 1. The van der Waals surface area contributed by atoms with Crippen LogP contribution in [0, 0.1) is 5.41 Å². The van der Waals surface area contributed by atoms with Crippen LogP contribution in [0.4, 0.5) is 11.5 Å². The molecule has 10 heteroatoms. The van der Waals surface area contributed by atoms with Crippen LogP contribution in [0.15, 0.2) is 79.1 Å². The molecule has 6 heterocycles. The molecule has 3 aliphatic heterocycles. The quantitative estimate of drug-likeness (QED) is 0.308. The molecule has 1 unspecified atom stereocenters. The van der Waals surface area contributed by atoms with Crippen molar-refractivity contribution < 1.29 is 9.53 Å². The Hall–Kier alpha value is -4.54. The van der Waals surface area contributed by atoms with Gasteiger partial charge in [0.2, 0.25) is 5.91 Å². The van der Waals surface area contributed by atoms with E-state index in [1.165, 1.54) is 5.56 Å². The van der Waals surface area contributed by atoms with Crippen LogP contribution < -0.4 is 9.80 Å². The highest BCUT2D eigenvalue weighted by Gasteiger charge is 2.47. The largest absolute Gasteiger partial charge is 0.377 e. The van der Waals surface area contributed by atoms with Gasteiger partial charge >= 0.3 is 0 Å². The lowest BCUT2D eigenvalue weighted by molar-refractivity contribution is -0.117. The van der Waals surface area contributed by atoms with Gasteiger partial charge < -0.3 is 14.5 Å². The first kappa shape index (κ1) is 27.0. The maximum absolute atomic E-state index is 13.4. The third-order valence-corrected chi connectivity index (χ3v) is 9.48. The number of morpholine rings is 1. The van der Waals surface area contributed by atoms with Crippen molar-refractivity contribution >= 4 is 28.4 Å². The smallest absolute Gasteiger partial charge is 0.227 e. The van der Waals surface area contributed by atoms with Gasteiger partial charge in [0.15, 0.2) is 11.5 Å². The van der Waals surface area contributed by atoms with Crippen molar-refractivity contribution in [1.29, 1.82) is 0 Å². The molecule has 44 heavy (non-hydrogen) atoms. The van der Waals surface area contributed by atoms with E-state index < -0.39 is 0 Å². The lowest BCUT2D eigenvalue weighted by Crippen LogP contribution is -2.44. The summed E-state index contributed by atoms with van der Waals surface area (Å²) in [5, 5.41) is 12.8. The van der Waals surface area contributed by atoms with Crippen LogP contribution in [0.25, 0.3) is 28.0 Å². The molecule has 224 valence electrons. The summed E-state index contributed by atoms with van der Waals surface area (Å²) >= 11 is 0. The van der Waals surface area contributed by atoms with Crippen molar-refractivity contribution in [2.45, 2.75) is 32.4 Å². The second-order valence-corrected chi connectivity index (χ2v) is 12.5. The number of benzene rings is 2. The van der Waals surface area contributed by atoms with Crippen LogP contribution >= 0.6 is 0 Å². The molecule has 1 spiro atoms. The number of hydrogen-bond acceptors (Lipinski definition) is 7. The van der Waals surface area contributed by atoms with E-state index in [0.29, 0.717) is 19.6 Å². The molecule has 1 amide bonds. The Kier molecular flexibility index (Phi) is 6.68. The standard InChI is InChI=1S/C34H36N8O2/c1-24-21-44-16-15-40(24)31-17-28(29-19-36-42(33(29)37-31)30-11-13-35-38-30)26-7-9-27(10-8-26)41-23-34(18-32(41)43)12-14-39(22-34)20-25-5-3-2-4-6-25/h2-11,13,17,19,24H,12,14-16,18,20-23H2,1H3,(H,35,38)/t24-,34?/m1/s1. The number of nitrogens with zero attached hydrogens (tertiary/aromatic N) is 7. The monoisotopic (exact) mass is 588 g/mol. The second-order valence-electron chi connectivity index (χ2n) is 12.5. The SMILES string of the molecule is C[C@@H]1COCCN1c1cc(-c2ccc(N3CC4(CCN(Cc5ccccc5)C4)CC3=O)cc2)c2cnn(-c3ccn[nH]3)c2n1. The summed E-state index contributed by atoms with van der Waals surface area (Å²) in [5.41, 5.74) is 5.18. The Balaban J connectivity index is 1.08. The summed E-state index contributed by atoms with van der Waals surface area (Å²) in [6.07, 6.45) is 5.25. The number of anilines is 2. The van der Waals surface area contributed by atoms with Gasteiger partial charge in [0.05, 0.1) is 31.6 Å². The maximum Gasteiger partial charge on any atom is 0.227 e. The van der Waals surface area contributed by atoms with Gasteiger partial charge in [-0.3, -0.25) is 14.8 Å². The van der Waals surface area contributed by atoms with Crippen molar-refractivity contribution in [1.82, 2.24) is 29.9 Å². The average molecular weight is 589 g/mol. The summed E-state index contributed by atoms with van der Waals surface area (Å²) in [4.78, 5) is 25.2. The molecule has 2 atom stereocenters. The zero-order valence-corrected chi connectivity index (χ0v) is 24.9. The van der Waals surface area contributed by atoms with Gasteiger partial charge in [0, 0.05) is 55.2 Å². The van der Waals surface area contributed by atoms with E-state index in [1.54, 1.807) is 10.9 Å². The summed E-state index contributed by atoms with van der Waals surface area (Å²) in [6, 6.07) is 23.3. The first-order valence-corrected chi connectivity index (χ1v) is 15.5. The van der Waals surface area contributed by atoms with Gasteiger partial charge in [-0.15, -0.1) is 0 Å². The van der Waals surface area contributed by atoms with Gasteiger partial charge in [-0.05, 0) is 54.8 Å². The topological polar surface area (TPSA) is 95.4 Å². The van der Waals surface area contributed by atoms with Gasteiger partial charge in [-0.1, -0.05) is 42.5 Å². The molecular weight excluding hydrogens is 552 g/mol. The number of H-pyrrole nitrogens is 1. The van der Waals surface area contributed by atoms with E-state index in [-0.39, 0.29) is 17.4 Å². The zero-order chi connectivity index (χ0) is 29.7. The Morgan fingerprint density at radius 1 is 1.05 bits per heavy atom. The molecular formula is C34H36N8O2. The molecule has 2 aromatic carbocycles. The van der Waals surface area contributed by atoms with Gasteiger partial charge in [-0.2, -0.15) is 14.9 Å². The minimum atomic E-state index is 0.0206. The number of carbonyl (C=O) groups excluding carboxylic acids is 1. The number of carbonyl (C=O) groups is 1. The second kappa shape index (κ2) is 10.9. The minimum absolute atomic E-state index is 0.0206. The van der Waals surface area contributed by atoms with E-state index in [9.17, 15) is 4.79 Å². The minimum Gasteiger partial charge on any atom is -0.377 e. The third-order valence-electron chi connectivity index (χ3n) is 9.48. The number of fused-ring (bicyclic) bond motifs is 1. The van der Waals surface area contributed by atoms with Crippen molar-refractivity contribution in [2.75, 3.05) is 49.2 Å². The highest BCUT2D eigenvalue weighted by molar-refractivity contribution is 5.98. The van der Waals surface area contributed by atoms with Crippen molar-refractivity contribution in [3.05, 3.63) is 84.7 Å². The molecule has 10 nitrogen and oxygen atoms in total. The van der Waals surface area contributed by atoms with Gasteiger partial charge in [0.1, 0.15) is 5.82 Å². The van der Waals surface area contributed by atoms with Crippen LogP contribution in [0.1, 0.15) is 25.3 Å². The van der Waals surface area contributed by atoms with Crippen LogP contribution in [0.5, 0.6) is 0 Å². The number of rotatable bonds is 6. The van der Waals surface area contributed by atoms with Crippen LogP contribution in [-0.2, 0) is 16.1 Å². The number of aromatic nitrogens is 5. The molecule has 3 aromatic heterocycles. The van der Waals surface area contributed by atoms with Crippen LogP contribution in [0.2, 0.25) is 0 Å². The first-order chi connectivity index (χ1) is 21.6. The third kappa shape index (κ3) is 4.84.